The van der Waals surface area contributed by atoms with E-state index in [0.29, 0.717) is 29.1 Å². The van der Waals surface area contributed by atoms with E-state index in [2.05, 4.69) is 10.4 Å². The molecule has 0 bridgehead atoms. The molecule has 3 rings (SSSR count). The van der Waals surface area contributed by atoms with Gasteiger partial charge in [0.25, 0.3) is 5.91 Å². The van der Waals surface area contributed by atoms with Crippen LogP contribution in [0.25, 0.3) is 0 Å². The zero-order valence-electron chi connectivity index (χ0n) is 17.4. The van der Waals surface area contributed by atoms with E-state index in [1.807, 2.05) is 13.8 Å². The van der Waals surface area contributed by atoms with Crippen LogP contribution in [0.15, 0.2) is 24.4 Å². The number of nitrogens with zero attached hydrogens (tertiary/aromatic N) is 2. The van der Waals surface area contributed by atoms with Crippen LogP contribution in [0.3, 0.4) is 0 Å². The number of rotatable bonds is 5. The van der Waals surface area contributed by atoms with Crippen LogP contribution in [0, 0.1) is 12.7 Å². The highest BCUT2D eigenvalue weighted by Gasteiger charge is 2.28. The smallest absolute Gasteiger partial charge is 0.253 e. The van der Waals surface area contributed by atoms with Crippen molar-refractivity contribution in [3.8, 4) is 5.75 Å². The SMILES string of the molecule is CCc1c(F)cccc1OC.Cc1nn(S(C)=O)cc1NC(=O)C1CCC(C)O1. The van der Waals surface area contributed by atoms with E-state index >= 15 is 0 Å². The Morgan fingerprint density at radius 1 is 1.45 bits per heavy atom. The number of halogens is 1. The molecule has 1 N–H and O–H groups in total. The van der Waals surface area contributed by atoms with Crippen molar-refractivity contribution in [3.05, 3.63) is 41.5 Å². The zero-order chi connectivity index (χ0) is 21.6. The minimum absolute atomic E-state index is 0.132. The molecule has 160 valence electrons. The van der Waals surface area contributed by atoms with Gasteiger partial charge in [0.15, 0.2) is 0 Å². The quantitative estimate of drug-likeness (QED) is 0.795. The second-order valence-corrected chi connectivity index (χ2v) is 7.95. The Hall–Kier alpha value is -2.26. The minimum atomic E-state index is -1.22. The molecule has 9 heteroatoms. The molecule has 0 spiro atoms. The average molecular weight is 426 g/mol. The number of nitrogens with one attached hydrogen (secondary N) is 1. The highest BCUT2D eigenvalue weighted by atomic mass is 32.2. The van der Waals surface area contributed by atoms with Gasteiger partial charge in [-0.2, -0.15) is 9.19 Å². The number of carbonyl (C=O) groups excluding carboxylic acids is 1. The Kier molecular flexibility index (Phi) is 8.33. The molecule has 29 heavy (non-hydrogen) atoms. The number of methoxy groups -OCH3 is 1. The Labute approximate surface area is 173 Å². The Bertz CT molecular complexity index is 871. The molecule has 1 aromatic carbocycles. The first-order valence-corrected chi connectivity index (χ1v) is 11.0. The monoisotopic (exact) mass is 425 g/mol. The largest absolute Gasteiger partial charge is 0.496 e. The number of ether oxygens (including phenoxy) is 2. The standard InChI is InChI=1S/C11H17N3O3S.C9H11FO/c1-7-4-5-10(17-7)11(15)12-9-6-14(18(3)16)13-8(9)2;1-3-7-8(10)5-4-6-9(7)11-2/h6-7,10H,4-5H2,1-3H3,(H,12,15);4-6H,3H2,1-2H3. The Balaban J connectivity index is 0.000000234. The average Bonchev–Trinajstić information content (AvgIpc) is 3.28. The van der Waals surface area contributed by atoms with Crippen molar-refractivity contribution < 1.29 is 22.9 Å². The van der Waals surface area contributed by atoms with Gasteiger partial charge in [0, 0.05) is 11.8 Å². The van der Waals surface area contributed by atoms with Crippen LogP contribution in [0.5, 0.6) is 5.75 Å². The maximum atomic E-state index is 13.0. The van der Waals surface area contributed by atoms with Gasteiger partial charge in [-0.1, -0.05) is 13.0 Å². The number of aryl methyl sites for hydroxylation is 1. The fourth-order valence-electron chi connectivity index (χ4n) is 2.97. The summed E-state index contributed by atoms with van der Waals surface area (Å²) in [7, 11) is 0.332. The number of hydrogen-bond donors (Lipinski definition) is 1. The minimum Gasteiger partial charge on any atom is -0.496 e. The molecule has 0 saturated carbocycles. The summed E-state index contributed by atoms with van der Waals surface area (Å²) in [5.74, 6) is 0.281. The molecule has 2 heterocycles. The van der Waals surface area contributed by atoms with E-state index in [0.717, 1.165) is 12.8 Å². The first-order chi connectivity index (χ1) is 13.8. The van der Waals surface area contributed by atoms with Crippen molar-refractivity contribution in [2.45, 2.75) is 52.2 Å². The molecule has 1 aliphatic rings. The molecule has 3 unspecified atom stereocenters. The summed E-state index contributed by atoms with van der Waals surface area (Å²) in [6.07, 6.45) is 5.13. The summed E-state index contributed by atoms with van der Waals surface area (Å²) in [6.45, 7) is 5.62. The van der Waals surface area contributed by atoms with Gasteiger partial charge < -0.3 is 14.8 Å². The predicted octanol–water partition coefficient (Wildman–Crippen LogP) is 3.24. The Morgan fingerprint density at radius 3 is 2.66 bits per heavy atom. The van der Waals surface area contributed by atoms with Crippen molar-refractivity contribution in [1.29, 1.82) is 0 Å². The summed E-state index contributed by atoms with van der Waals surface area (Å²) in [5, 5.41) is 6.83. The zero-order valence-corrected chi connectivity index (χ0v) is 18.2. The number of anilines is 1. The topological polar surface area (TPSA) is 82.5 Å². The number of aromatic nitrogens is 2. The van der Waals surface area contributed by atoms with Gasteiger partial charge in [0.2, 0.25) is 0 Å². The van der Waals surface area contributed by atoms with Gasteiger partial charge in [0.1, 0.15) is 28.7 Å². The lowest BCUT2D eigenvalue weighted by Gasteiger charge is -2.10. The molecule has 1 aromatic heterocycles. The molecule has 1 fully saturated rings. The lowest BCUT2D eigenvalue weighted by Crippen LogP contribution is -2.27. The van der Waals surface area contributed by atoms with Gasteiger partial charge in [-0.25, -0.2) is 8.60 Å². The van der Waals surface area contributed by atoms with Crippen LogP contribution < -0.4 is 10.1 Å². The van der Waals surface area contributed by atoms with Crippen molar-refractivity contribution in [2.75, 3.05) is 18.7 Å². The van der Waals surface area contributed by atoms with E-state index in [9.17, 15) is 13.4 Å². The van der Waals surface area contributed by atoms with Gasteiger partial charge in [-0.05, 0) is 45.2 Å². The van der Waals surface area contributed by atoms with Gasteiger partial charge >= 0.3 is 0 Å². The number of hydrogen-bond acceptors (Lipinski definition) is 5. The third kappa shape index (κ3) is 6.11. The van der Waals surface area contributed by atoms with Crippen LogP contribution in [0.4, 0.5) is 10.1 Å². The summed E-state index contributed by atoms with van der Waals surface area (Å²) < 4.78 is 36.0. The van der Waals surface area contributed by atoms with Gasteiger partial charge in [0.05, 0.1) is 30.8 Å². The molecule has 0 radical (unpaired) electrons. The summed E-state index contributed by atoms with van der Waals surface area (Å²) >= 11 is 0. The molecule has 3 atom stereocenters. The van der Waals surface area contributed by atoms with Crippen LogP contribution in [-0.2, 0) is 26.9 Å². The van der Waals surface area contributed by atoms with Crippen LogP contribution in [-0.4, -0.2) is 44.9 Å². The number of carbonyl (C=O) groups is 1. The van der Waals surface area contributed by atoms with Gasteiger partial charge in [-0.3, -0.25) is 4.79 Å². The lowest BCUT2D eigenvalue weighted by molar-refractivity contribution is -0.126. The van der Waals surface area contributed by atoms with E-state index in [4.69, 9.17) is 9.47 Å². The molecular formula is C20H28FN3O4S. The highest BCUT2D eigenvalue weighted by Crippen LogP contribution is 2.22. The summed E-state index contributed by atoms with van der Waals surface area (Å²) in [6, 6.07) is 4.86. The molecule has 7 nitrogen and oxygen atoms in total. The fourth-order valence-corrected chi connectivity index (χ4v) is 3.46. The second-order valence-electron chi connectivity index (χ2n) is 6.73. The van der Waals surface area contributed by atoms with E-state index in [-0.39, 0.29) is 17.8 Å². The third-order valence-electron chi connectivity index (χ3n) is 4.57. The van der Waals surface area contributed by atoms with Crippen LogP contribution in [0.2, 0.25) is 0 Å². The molecule has 2 aromatic rings. The maximum Gasteiger partial charge on any atom is 0.253 e. The molecule has 1 aliphatic heterocycles. The third-order valence-corrected chi connectivity index (χ3v) is 5.29. The molecule has 0 aliphatic carbocycles. The number of amides is 1. The van der Waals surface area contributed by atoms with E-state index in [1.54, 1.807) is 32.4 Å². The van der Waals surface area contributed by atoms with Gasteiger partial charge in [-0.15, -0.1) is 0 Å². The summed E-state index contributed by atoms with van der Waals surface area (Å²) in [4.78, 5) is 11.9. The second kappa shape index (κ2) is 10.5. The van der Waals surface area contributed by atoms with Crippen LogP contribution >= 0.6 is 0 Å². The molecule has 1 amide bonds. The number of benzene rings is 1. The summed E-state index contributed by atoms with van der Waals surface area (Å²) in [5.41, 5.74) is 1.87. The predicted molar refractivity (Wildman–Crippen MR) is 111 cm³/mol. The normalized spacial score (nSPS) is 19.2. The van der Waals surface area contributed by atoms with Crippen molar-refractivity contribution in [3.63, 3.8) is 0 Å². The lowest BCUT2D eigenvalue weighted by atomic mass is 10.1. The van der Waals surface area contributed by atoms with Crippen molar-refractivity contribution in [2.24, 2.45) is 0 Å². The van der Waals surface area contributed by atoms with Crippen molar-refractivity contribution in [1.82, 2.24) is 9.19 Å². The fraction of sp³-hybridized carbons (Fsp3) is 0.500. The highest BCUT2D eigenvalue weighted by molar-refractivity contribution is 7.82. The van der Waals surface area contributed by atoms with E-state index < -0.39 is 17.1 Å². The first kappa shape index (κ1) is 23.0. The molecular weight excluding hydrogens is 397 g/mol. The van der Waals surface area contributed by atoms with E-state index in [1.165, 1.54) is 16.4 Å². The maximum absolute atomic E-state index is 13.0. The first-order valence-electron chi connectivity index (χ1n) is 9.44. The van der Waals surface area contributed by atoms with Crippen LogP contribution in [0.1, 0.15) is 37.9 Å². The van der Waals surface area contributed by atoms with Crippen molar-refractivity contribution >= 4 is 22.6 Å². The molecule has 1 saturated heterocycles. The Morgan fingerprint density at radius 2 is 2.17 bits per heavy atom.